The zero-order chi connectivity index (χ0) is 36.6. The lowest BCUT2D eigenvalue weighted by molar-refractivity contribution is -0.141. The molecule has 0 spiro atoms. The van der Waals surface area contributed by atoms with Crippen molar-refractivity contribution in [2.75, 3.05) is 6.54 Å². The molecule has 0 bridgehead atoms. The highest BCUT2D eigenvalue weighted by atomic mass is 35.5. The highest BCUT2D eigenvalue weighted by molar-refractivity contribution is 7.91. The molecule has 7 rings (SSSR count). The Morgan fingerprint density at radius 1 is 0.981 bits per heavy atom. The third kappa shape index (κ3) is 7.81. The maximum absolute atomic E-state index is 14.4. The first-order valence-electron chi connectivity index (χ1n) is 18.3. The second kappa shape index (κ2) is 15.0. The van der Waals surface area contributed by atoms with Crippen molar-refractivity contribution in [2.45, 2.75) is 118 Å². The number of nitrogens with zero attached hydrogens (tertiary/aromatic N) is 1. The normalized spacial score (nSPS) is 29.2. The molecular weight excluding hydrogens is 730 g/mol. The number of alkyl carbamates (subject to hydrolysis) is 1. The molecule has 5 amide bonds. The van der Waals surface area contributed by atoms with Gasteiger partial charge in [0.1, 0.15) is 28.6 Å². The third-order valence-electron chi connectivity index (χ3n) is 10.8. The Kier molecular flexibility index (Phi) is 10.6. The van der Waals surface area contributed by atoms with E-state index in [9.17, 15) is 32.4 Å². The lowest BCUT2D eigenvalue weighted by Gasteiger charge is -2.30. The van der Waals surface area contributed by atoms with Gasteiger partial charge in [0.2, 0.25) is 21.8 Å². The molecule has 3 aliphatic carbocycles. The van der Waals surface area contributed by atoms with E-state index < -0.39 is 74.6 Å². The largest absolute Gasteiger partial charge is 0.446 e. The van der Waals surface area contributed by atoms with Crippen LogP contribution < -0.4 is 20.7 Å². The van der Waals surface area contributed by atoms with Crippen molar-refractivity contribution < 1.29 is 37.1 Å². The summed E-state index contributed by atoms with van der Waals surface area (Å²) in [5.41, 5.74) is -1.51. The van der Waals surface area contributed by atoms with Crippen molar-refractivity contribution in [1.29, 1.82) is 0 Å². The van der Waals surface area contributed by atoms with Gasteiger partial charge in [-0.05, 0) is 76.7 Å². The van der Waals surface area contributed by atoms with Crippen molar-refractivity contribution in [3.8, 4) is 0 Å². The first-order valence-corrected chi connectivity index (χ1v) is 21.0. The molecule has 0 radical (unpaired) electrons. The van der Waals surface area contributed by atoms with Crippen molar-refractivity contribution in [3.05, 3.63) is 46.3 Å². The molecule has 5 aliphatic rings. The minimum Gasteiger partial charge on any atom is -0.446 e. The van der Waals surface area contributed by atoms with Gasteiger partial charge in [0.25, 0.3) is 11.8 Å². The molecular formula is C36H44ClN5O8S2. The molecule has 2 aromatic rings. The van der Waals surface area contributed by atoms with Crippen LogP contribution >= 0.6 is 22.9 Å². The average Bonchev–Trinajstić information content (AvgIpc) is 3.94. The minimum atomic E-state index is -3.90. The lowest BCUT2D eigenvalue weighted by Crippen LogP contribution is -2.58. The number of carbonyl (C=O) groups excluding carboxylic acids is 5. The predicted octanol–water partition coefficient (Wildman–Crippen LogP) is 4.30. The number of rotatable bonds is 7. The number of hydrogen-bond acceptors (Lipinski definition) is 9. The summed E-state index contributed by atoms with van der Waals surface area (Å²) in [6, 6.07) is 4.58. The number of hydrogen-bond donors (Lipinski definition) is 4. The van der Waals surface area contributed by atoms with E-state index in [4.69, 9.17) is 16.3 Å². The number of sulfonamides is 1. The Morgan fingerprint density at radius 3 is 2.48 bits per heavy atom. The van der Waals surface area contributed by atoms with Crippen LogP contribution in [0.15, 0.2) is 36.4 Å². The molecule has 13 nitrogen and oxygen atoms in total. The van der Waals surface area contributed by atoms with Gasteiger partial charge in [0, 0.05) is 28.6 Å². The van der Waals surface area contributed by atoms with E-state index >= 15 is 0 Å². The van der Waals surface area contributed by atoms with E-state index in [1.54, 1.807) is 0 Å². The van der Waals surface area contributed by atoms with Crippen LogP contribution in [-0.4, -0.2) is 84.6 Å². The van der Waals surface area contributed by atoms with Gasteiger partial charge in [-0.1, -0.05) is 54.8 Å². The molecule has 3 saturated carbocycles. The monoisotopic (exact) mass is 773 g/mol. The number of allylic oxidation sites excluding steroid dienone is 1. The number of benzene rings is 1. The highest BCUT2D eigenvalue weighted by Gasteiger charge is 2.62. The fourth-order valence-corrected chi connectivity index (χ4v) is 10.4. The molecule has 1 aromatic heterocycles. The fraction of sp³-hybridized carbons (Fsp3) is 0.583. The summed E-state index contributed by atoms with van der Waals surface area (Å²) in [4.78, 5) is 70.6. The van der Waals surface area contributed by atoms with Gasteiger partial charge in [-0.3, -0.25) is 23.9 Å². The molecule has 52 heavy (non-hydrogen) atoms. The van der Waals surface area contributed by atoms with Crippen LogP contribution in [0.2, 0.25) is 5.02 Å². The Labute approximate surface area is 311 Å². The summed E-state index contributed by atoms with van der Waals surface area (Å²) in [6.45, 7) is -0.0420. The van der Waals surface area contributed by atoms with Gasteiger partial charge in [0.05, 0.1) is 10.3 Å². The number of nitrogens with one attached hydrogen (secondary N) is 4. The van der Waals surface area contributed by atoms with Crippen molar-refractivity contribution >= 4 is 72.8 Å². The Hall–Kier alpha value is -3.69. The summed E-state index contributed by atoms with van der Waals surface area (Å²) >= 11 is 7.84. The zero-order valence-corrected chi connectivity index (χ0v) is 31.1. The maximum Gasteiger partial charge on any atom is 0.408 e. The van der Waals surface area contributed by atoms with E-state index in [0.29, 0.717) is 42.0 Å². The third-order valence-corrected chi connectivity index (χ3v) is 14.3. The highest BCUT2D eigenvalue weighted by Crippen LogP contribution is 2.46. The molecule has 2 aliphatic heterocycles. The van der Waals surface area contributed by atoms with Crippen LogP contribution in [0.3, 0.4) is 0 Å². The summed E-state index contributed by atoms with van der Waals surface area (Å²) in [5, 5.41) is 8.99. The Bertz CT molecular complexity index is 1890. The maximum atomic E-state index is 14.4. The van der Waals surface area contributed by atoms with Gasteiger partial charge < -0.3 is 25.6 Å². The van der Waals surface area contributed by atoms with Crippen LogP contribution in [0.25, 0.3) is 10.1 Å². The molecule has 5 atom stereocenters. The number of halogens is 1. The van der Waals surface area contributed by atoms with E-state index in [-0.39, 0.29) is 25.5 Å². The van der Waals surface area contributed by atoms with Gasteiger partial charge in [-0.2, -0.15) is 0 Å². The fourth-order valence-electron chi connectivity index (χ4n) is 7.65. The Balaban J connectivity index is 1.15. The van der Waals surface area contributed by atoms with Gasteiger partial charge >= 0.3 is 6.09 Å². The Morgan fingerprint density at radius 2 is 1.73 bits per heavy atom. The molecule has 4 N–H and O–H groups in total. The summed E-state index contributed by atoms with van der Waals surface area (Å²) in [7, 11) is -3.90. The van der Waals surface area contributed by atoms with E-state index in [1.807, 2.05) is 36.4 Å². The zero-order valence-electron chi connectivity index (χ0n) is 28.7. The van der Waals surface area contributed by atoms with Crippen LogP contribution in [0.1, 0.15) is 93.1 Å². The van der Waals surface area contributed by atoms with Crippen LogP contribution in [0.5, 0.6) is 0 Å². The molecule has 1 aromatic carbocycles. The first kappa shape index (κ1) is 36.7. The van der Waals surface area contributed by atoms with Crippen molar-refractivity contribution in [3.63, 3.8) is 0 Å². The van der Waals surface area contributed by atoms with Crippen LogP contribution in [-0.2, 0) is 29.1 Å². The quantitative estimate of drug-likeness (QED) is 0.301. The number of thiophene rings is 1. The van der Waals surface area contributed by atoms with Crippen molar-refractivity contribution in [2.24, 2.45) is 5.92 Å². The van der Waals surface area contributed by atoms with Gasteiger partial charge in [0.15, 0.2) is 0 Å². The second-order valence-corrected chi connectivity index (χ2v) is 18.1. The molecule has 3 heterocycles. The SMILES string of the molecule is O=C(N[C@H]1CCCCC/C=C\[C@@H]2C[C@@]2(C(=O)NS(=O)(=O)C2CC2)NC(=O)[C@@H]2C[C@@H](NC(=O)c3sc4ccccc4c3Cl)CN2C1=O)OC1CCCC1. The van der Waals surface area contributed by atoms with E-state index in [2.05, 4.69) is 20.7 Å². The minimum absolute atomic E-state index is 0.0175. The van der Waals surface area contributed by atoms with E-state index in [1.165, 1.54) is 16.2 Å². The number of fused-ring (bicyclic) bond motifs is 3. The second-order valence-electron chi connectivity index (χ2n) is 14.7. The number of ether oxygens (including phenoxy) is 1. The molecule has 16 heteroatoms. The van der Waals surface area contributed by atoms with Gasteiger partial charge in [-0.25, -0.2) is 13.2 Å². The molecule has 280 valence electrons. The predicted molar refractivity (Wildman–Crippen MR) is 195 cm³/mol. The topological polar surface area (TPSA) is 180 Å². The molecule has 4 fully saturated rings. The summed E-state index contributed by atoms with van der Waals surface area (Å²) in [5.74, 6) is -2.85. The van der Waals surface area contributed by atoms with Gasteiger partial charge in [-0.15, -0.1) is 11.3 Å². The first-order chi connectivity index (χ1) is 24.9. The summed E-state index contributed by atoms with van der Waals surface area (Å²) in [6.07, 6.45) is 10.7. The van der Waals surface area contributed by atoms with E-state index in [0.717, 1.165) is 48.6 Å². The lowest BCUT2D eigenvalue weighted by atomic mass is 10.0. The smallest absolute Gasteiger partial charge is 0.408 e. The molecule has 1 saturated heterocycles. The summed E-state index contributed by atoms with van der Waals surface area (Å²) < 4.78 is 34.2. The standard InChI is InChI=1S/C36H44ClN5O8S2/c37-29-25-13-8-9-15-28(25)51-30(29)32(44)38-22-18-27-31(43)40-36(34(46)41-52(48,49)24-16-17-24)19-21(36)10-4-2-1-3-5-14-26(33(45)42(27)20-22)39-35(47)50-23-11-6-7-12-23/h4,8-10,13,15,21-24,26-27H,1-3,5-7,11-12,14,16-20H2,(H,38,44)(H,39,47)(H,40,43)(H,41,46)/b10-4-/t21-,22-,26+,27+,36-/m1/s1. The number of amides is 5. The average molecular weight is 774 g/mol. The number of carbonyl (C=O) groups is 5. The van der Waals surface area contributed by atoms with Crippen molar-refractivity contribution in [1.82, 2.24) is 25.6 Å². The molecule has 0 unspecified atom stereocenters. The van der Waals surface area contributed by atoms with Crippen LogP contribution in [0.4, 0.5) is 4.79 Å². The van der Waals surface area contributed by atoms with Crippen LogP contribution in [0, 0.1) is 5.92 Å².